The molecular formula is C24H27N5O4S. The van der Waals surface area contributed by atoms with Gasteiger partial charge in [-0.05, 0) is 47.9 Å². The van der Waals surface area contributed by atoms with E-state index in [4.69, 9.17) is 9.47 Å². The van der Waals surface area contributed by atoms with E-state index in [1.165, 1.54) is 11.8 Å². The summed E-state index contributed by atoms with van der Waals surface area (Å²) in [4.78, 5) is 25.2. The number of carbonyl (C=O) groups excluding carboxylic acids is 2. The number of aryl methyl sites for hydroxylation is 1. The highest BCUT2D eigenvalue weighted by atomic mass is 32.2. The number of ether oxygens (including phenoxy) is 2. The van der Waals surface area contributed by atoms with Crippen LogP contribution in [0.4, 0.5) is 5.69 Å². The van der Waals surface area contributed by atoms with E-state index in [-0.39, 0.29) is 29.5 Å². The van der Waals surface area contributed by atoms with Crippen LogP contribution in [0.2, 0.25) is 0 Å². The molecule has 2 N–H and O–H groups in total. The van der Waals surface area contributed by atoms with Crippen LogP contribution < -0.4 is 20.1 Å². The molecular weight excluding hydrogens is 454 g/mol. The molecule has 2 aromatic carbocycles. The van der Waals surface area contributed by atoms with Gasteiger partial charge in [-0.2, -0.15) is 0 Å². The Labute approximate surface area is 202 Å². The molecule has 2 heterocycles. The topological polar surface area (TPSA) is 107 Å². The van der Waals surface area contributed by atoms with Gasteiger partial charge in [0.1, 0.15) is 19.5 Å². The Balaban J connectivity index is 1.36. The van der Waals surface area contributed by atoms with Crippen LogP contribution in [0, 0.1) is 5.92 Å². The number of hydrogen-bond acceptors (Lipinski definition) is 7. The summed E-state index contributed by atoms with van der Waals surface area (Å²) in [5, 5.41) is 14.3. The molecule has 4 rings (SSSR count). The quantitative estimate of drug-likeness (QED) is 0.475. The molecule has 0 radical (unpaired) electrons. The highest BCUT2D eigenvalue weighted by molar-refractivity contribution is 7.99. The zero-order valence-electron chi connectivity index (χ0n) is 19.3. The molecule has 0 spiro atoms. The number of hydrogen-bond donors (Lipinski definition) is 2. The van der Waals surface area contributed by atoms with Gasteiger partial charge >= 0.3 is 0 Å². The Hall–Kier alpha value is -3.53. The Morgan fingerprint density at radius 3 is 2.50 bits per heavy atom. The van der Waals surface area contributed by atoms with Crippen LogP contribution in [-0.4, -0.2) is 45.5 Å². The minimum Gasteiger partial charge on any atom is -0.486 e. The first-order chi connectivity index (χ1) is 16.4. The van der Waals surface area contributed by atoms with Gasteiger partial charge in [0.25, 0.3) is 5.91 Å². The van der Waals surface area contributed by atoms with E-state index in [9.17, 15) is 9.59 Å². The number of carbonyl (C=O) groups is 2. The van der Waals surface area contributed by atoms with Crippen molar-refractivity contribution >= 4 is 29.3 Å². The van der Waals surface area contributed by atoms with Crippen molar-refractivity contribution < 1.29 is 19.1 Å². The second-order valence-corrected chi connectivity index (χ2v) is 9.18. The lowest BCUT2D eigenvalue weighted by molar-refractivity contribution is -0.113. The highest BCUT2D eigenvalue weighted by Crippen LogP contribution is 2.34. The number of fused-ring (bicyclic) bond motifs is 1. The van der Waals surface area contributed by atoms with Crippen molar-refractivity contribution in [1.82, 2.24) is 20.1 Å². The van der Waals surface area contributed by atoms with Crippen molar-refractivity contribution in [2.45, 2.75) is 25.0 Å². The van der Waals surface area contributed by atoms with Crippen molar-refractivity contribution in [2.75, 3.05) is 24.3 Å². The van der Waals surface area contributed by atoms with Crippen LogP contribution in [-0.2, 0) is 11.8 Å². The van der Waals surface area contributed by atoms with Crippen molar-refractivity contribution in [3.8, 4) is 11.5 Å². The molecule has 1 aromatic heterocycles. The fraction of sp³-hybridized carbons (Fsp3) is 0.333. The third-order valence-electron chi connectivity index (χ3n) is 5.31. The predicted octanol–water partition coefficient (Wildman–Crippen LogP) is 3.44. The lowest BCUT2D eigenvalue weighted by atomic mass is 9.95. The number of benzene rings is 2. The first-order valence-electron chi connectivity index (χ1n) is 11.0. The molecule has 1 aliphatic rings. The first kappa shape index (κ1) is 23.6. The lowest BCUT2D eigenvalue weighted by Gasteiger charge is -2.25. The summed E-state index contributed by atoms with van der Waals surface area (Å²) in [6.07, 6.45) is 1.58. The van der Waals surface area contributed by atoms with Crippen LogP contribution in [0.15, 0.2) is 53.9 Å². The smallest absolute Gasteiger partial charge is 0.251 e. The van der Waals surface area contributed by atoms with Gasteiger partial charge in [-0.15, -0.1) is 10.2 Å². The van der Waals surface area contributed by atoms with Gasteiger partial charge in [0, 0.05) is 18.3 Å². The maximum Gasteiger partial charge on any atom is 0.251 e. The van der Waals surface area contributed by atoms with Gasteiger partial charge in [0.05, 0.1) is 11.8 Å². The van der Waals surface area contributed by atoms with E-state index in [1.54, 1.807) is 35.2 Å². The van der Waals surface area contributed by atoms with Crippen molar-refractivity contribution in [3.05, 3.63) is 59.9 Å². The summed E-state index contributed by atoms with van der Waals surface area (Å²) in [5.74, 6) is 1.43. The third kappa shape index (κ3) is 5.69. The minimum atomic E-state index is -0.194. The van der Waals surface area contributed by atoms with E-state index in [2.05, 4.69) is 34.7 Å². The Bertz CT molecular complexity index is 1160. The monoisotopic (exact) mass is 481 g/mol. The summed E-state index contributed by atoms with van der Waals surface area (Å²) in [5.41, 5.74) is 2.08. The number of amides is 2. The number of aromatic nitrogens is 3. The molecule has 9 nitrogen and oxygen atoms in total. The molecule has 0 saturated carbocycles. The van der Waals surface area contributed by atoms with Gasteiger partial charge in [-0.3, -0.25) is 9.59 Å². The molecule has 1 atom stereocenters. The van der Waals surface area contributed by atoms with E-state index >= 15 is 0 Å². The first-order valence-corrected chi connectivity index (χ1v) is 12.0. The molecule has 10 heteroatoms. The summed E-state index contributed by atoms with van der Waals surface area (Å²) in [7, 11) is 1.82. The number of thioether (sulfide) groups is 1. The van der Waals surface area contributed by atoms with Crippen molar-refractivity contribution in [2.24, 2.45) is 13.0 Å². The zero-order chi connectivity index (χ0) is 24.1. The van der Waals surface area contributed by atoms with Crippen LogP contribution >= 0.6 is 11.8 Å². The Morgan fingerprint density at radius 2 is 1.82 bits per heavy atom. The van der Waals surface area contributed by atoms with Gasteiger partial charge in [-0.25, -0.2) is 0 Å². The molecule has 178 valence electrons. The normalized spacial score (nSPS) is 13.4. The third-order valence-corrected chi connectivity index (χ3v) is 6.35. The molecule has 0 bridgehead atoms. The Kier molecular flexibility index (Phi) is 7.36. The van der Waals surface area contributed by atoms with E-state index in [0.717, 1.165) is 11.3 Å². The minimum absolute atomic E-state index is 0.163. The Morgan fingerprint density at radius 1 is 1.09 bits per heavy atom. The lowest BCUT2D eigenvalue weighted by Crippen LogP contribution is -2.32. The molecule has 1 aliphatic heterocycles. The van der Waals surface area contributed by atoms with Crippen LogP contribution in [0.3, 0.4) is 0 Å². The molecule has 0 fully saturated rings. The van der Waals surface area contributed by atoms with E-state index in [1.807, 2.05) is 25.2 Å². The standard InChI is InChI=1S/C24H27N5O4S/c1-15(2)22(17-6-9-19-20(12-17)33-11-10-32-19)27-23(31)16-4-7-18(8-5-16)26-21(30)13-34-24-28-25-14-29(24)3/h4-9,12,14-15,22H,10-11,13H2,1-3H3,(H,26,30)(H,27,31)/t22-/m1/s1. The zero-order valence-corrected chi connectivity index (χ0v) is 20.1. The number of nitrogens with one attached hydrogen (secondary N) is 2. The second-order valence-electron chi connectivity index (χ2n) is 8.24. The number of anilines is 1. The average Bonchev–Trinajstić information content (AvgIpc) is 3.25. The SMILES string of the molecule is CC(C)[C@@H](NC(=O)c1ccc(NC(=O)CSc2nncn2C)cc1)c1ccc2c(c1)OCCO2. The molecule has 0 saturated heterocycles. The average molecular weight is 482 g/mol. The summed E-state index contributed by atoms with van der Waals surface area (Å²) in [6, 6.07) is 12.4. The summed E-state index contributed by atoms with van der Waals surface area (Å²) in [6.45, 7) is 5.16. The summed E-state index contributed by atoms with van der Waals surface area (Å²) < 4.78 is 13.0. The maximum atomic E-state index is 12.9. The van der Waals surface area contributed by atoms with Crippen molar-refractivity contribution in [3.63, 3.8) is 0 Å². The van der Waals surface area contributed by atoms with E-state index < -0.39 is 0 Å². The number of rotatable bonds is 8. The van der Waals surface area contributed by atoms with Crippen LogP contribution in [0.25, 0.3) is 0 Å². The molecule has 34 heavy (non-hydrogen) atoms. The molecule has 2 amide bonds. The van der Waals surface area contributed by atoms with Gasteiger partial charge in [0.15, 0.2) is 16.7 Å². The largest absolute Gasteiger partial charge is 0.486 e. The van der Waals surface area contributed by atoms with Gasteiger partial charge < -0.3 is 24.7 Å². The molecule has 0 aliphatic carbocycles. The second kappa shape index (κ2) is 10.6. The van der Waals surface area contributed by atoms with Crippen LogP contribution in [0.1, 0.15) is 35.8 Å². The highest BCUT2D eigenvalue weighted by Gasteiger charge is 2.22. The summed E-state index contributed by atoms with van der Waals surface area (Å²) >= 11 is 1.30. The van der Waals surface area contributed by atoms with Crippen molar-refractivity contribution in [1.29, 1.82) is 0 Å². The molecule has 3 aromatic rings. The molecule has 0 unspecified atom stereocenters. The van der Waals surface area contributed by atoms with Gasteiger partial charge in [0.2, 0.25) is 5.91 Å². The predicted molar refractivity (Wildman–Crippen MR) is 129 cm³/mol. The fourth-order valence-electron chi connectivity index (χ4n) is 3.55. The van der Waals surface area contributed by atoms with E-state index in [0.29, 0.717) is 35.4 Å². The number of nitrogens with zero attached hydrogens (tertiary/aromatic N) is 3. The maximum absolute atomic E-state index is 12.9. The van der Waals surface area contributed by atoms with Gasteiger partial charge in [-0.1, -0.05) is 31.7 Å². The fourth-order valence-corrected chi connectivity index (χ4v) is 4.24. The van der Waals surface area contributed by atoms with Crippen LogP contribution in [0.5, 0.6) is 11.5 Å².